The summed E-state index contributed by atoms with van der Waals surface area (Å²) in [5, 5.41) is 0. The number of carbonyl (C=O) groups is 1. The summed E-state index contributed by atoms with van der Waals surface area (Å²) >= 11 is 0. The summed E-state index contributed by atoms with van der Waals surface area (Å²) in [6, 6.07) is 7.29. The topological polar surface area (TPSA) is 51.1 Å². The maximum absolute atomic E-state index is 11.6. The minimum atomic E-state index is -0.544. The van der Waals surface area contributed by atoms with Gasteiger partial charge in [0.1, 0.15) is 6.61 Å². The molecule has 1 aromatic rings. The molecule has 102 valence electrons. The molecule has 1 aliphatic rings. The van der Waals surface area contributed by atoms with Crippen LogP contribution >= 0.6 is 0 Å². The van der Waals surface area contributed by atoms with Gasteiger partial charge in [0.2, 0.25) is 5.90 Å². The van der Waals surface area contributed by atoms with E-state index in [1.54, 1.807) is 6.92 Å². The summed E-state index contributed by atoms with van der Waals surface area (Å²) < 4.78 is 10.4. The second kappa shape index (κ2) is 5.73. The third kappa shape index (κ3) is 3.05. The SMILES string of the molecule is CCOC(=O)C1COC(c2cccc(N(C)C)c2)=N1. The largest absolute Gasteiger partial charge is 0.475 e. The van der Waals surface area contributed by atoms with Gasteiger partial charge in [0.15, 0.2) is 6.04 Å². The molecule has 5 heteroatoms. The van der Waals surface area contributed by atoms with Crippen LogP contribution in [0.5, 0.6) is 0 Å². The third-order valence-electron chi connectivity index (χ3n) is 2.82. The van der Waals surface area contributed by atoms with E-state index in [4.69, 9.17) is 9.47 Å². The molecule has 0 spiro atoms. The fraction of sp³-hybridized carbons (Fsp3) is 0.429. The molecule has 0 bridgehead atoms. The minimum absolute atomic E-state index is 0.250. The summed E-state index contributed by atoms with van der Waals surface area (Å²) in [6.45, 7) is 2.38. The molecule has 19 heavy (non-hydrogen) atoms. The molecule has 0 saturated carbocycles. The number of esters is 1. The Morgan fingerprint density at radius 2 is 2.32 bits per heavy atom. The number of benzene rings is 1. The second-order valence-electron chi connectivity index (χ2n) is 4.46. The number of aliphatic imine (C=N–C) groups is 1. The molecule has 0 aliphatic carbocycles. The predicted molar refractivity (Wildman–Crippen MR) is 73.7 cm³/mol. The lowest BCUT2D eigenvalue weighted by atomic mass is 10.2. The van der Waals surface area contributed by atoms with Gasteiger partial charge < -0.3 is 14.4 Å². The van der Waals surface area contributed by atoms with Crippen molar-refractivity contribution < 1.29 is 14.3 Å². The first-order chi connectivity index (χ1) is 9.11. The smallest absolute Gasteiger partial charge is 0.334 e. The molecule has 0 N–H and O–H groups in total. The first-order valence-corrected chi connectivity index (χ1v) is 6.26. The molecule has 5 nitrogen and oxygen atoms in total. The van der Waals surface area contributed by atoms with Crippen molar-refractivity contribution in [2.75, 3.05) is 32.2 Å². The van der Waals surface area contributed by atoms with Crippen molar-refractivity contribution in [3.63, 3.8) is 0 Å². The quantitative estimate of drug-likeness (QED) is 0.771. The Labute approximate surface area is 112 Å². The number of hydrogen-bond acceptors (Lipinski definition) is 5. The van der Waals surface area contributed by atoms with Gasteiger partial charge in [-0.25, -0.2) is 9.79 Å². The van der Waals surface area contributed by atoms with Gasteiger partial charge in [0.25, 0.3) is 0 Å². The molecule has 0 saturated heterocycles. The van der Waals surface area contributed by atoms with Gasteiger partial charge in [-0.2, -0.15) is 0 Å². The zero-order valence-corrected chi connectivity index (χ0v) is 11.4. The molecule has 0 aromatic heterocycles. The number of hydrogen-bond donors (Lipinski definition) is 0. The van der Waals surface area contributed by atoms with Gasteiger partial charge in [-0.15, -0.1) is 0 Å². The van der Waals surface area contributed by atoms with E-state index in [1.165, 1.54) is 0 Å². The Morgan fingerprint density at radius 1 is 1.53 bits per heavy atom. The average molecular weight is 262 g/mol. The minimum Gasteiger partial charge on any atom is -0.475 e. The van der Waals surface area contributed by atoms with E-state index >= 15 is 0 Å². The summed E-state index contributed by atoms with van der Waals surface area (Å²) in [4.78, 5) is 17.9. The van der Waals surface area contributed by atoms with Crippen molar-refractivity contribution in [3.8, 4) is 0 Å². The van der Waals surface area contributed by atoms with E-state index in [9.17, 15) is 4.79 Å². The molecule has 0 radical (unpaired) electrons. The van der Waals surface area contributed by atoms with Gasteiger partial charge in [-0.1, -0.05) is 6.07 Å². The highest BCUT2D eigenvalue weighted by Crippen LogP contribution is 2.18. The fourth-order valence-corrected chi connectivity index (χ4v) is 1.81. The number of rotatable bonds is 4. The summed E-state index contributed by atoms with van der Waals surface area (Å²) in [5.41, 5.74) is 1.93. The van der Waals surface area contributed by atoms with E-state index < -0.39 is 6.04 Å². The Hall–Kier alpha value is -2.04. The Morgan fingerprint density at radius 3 is 3.00 bits per heavy atom. The number of carbonyl (C=O) groups excluding carboxylic acids is 1. The highest BCUT2D eigenvalue weighted by atomic mass is 16.5. The van der Waals surface area contributed by atoms with E-state index in [0.717, 1.165) is 11.3 Å². The van der Waals surface area contributed by atoms with E-state index in [2.05, 4.69) is 4.99 Å². The van der Waals surface area contributed by atoms with Gasteiger partial charge in [-0.3, -0.25) is 0 Å². The molecule has 0 amide bonds. The highest BCUT2D eigenvalue weighted by molar-refractivity contribution is 5.98. The average Bonchev–Trinajstić information content (AvgIpc) is 2.89. The lowest BCUT2D eigenvalue weighted by Crippen LogP contribution is -2.22. The van der Waals surface area contributed by atoms with Crippen LogP contribution in [0.15, 0.2) is 29.3 Å². The zero-order chi connectivity index (χ0) is 13.8. The van der Waals surface area contributed by atoms with Crippen LogP contribution in [-0.4, -0.2) is 45.2 Å². The van der Waals surface area contributed by atoms with Gasteiger partial charge >= 0.3 is 5.97 Å². The van der Waals surface area contributed by atoms with Crippen LogP contribution < -0.4 is 4.90 Å². The van der Waals surface area contributed by atoms with Crippen LogP contribution in [0.2, 0.25) is 0 Å². The van der Waals surface area contributed by atoms with Crippen molar-refractivity contribution >= 4 is 17.6 Å². The first-order valence-electron chi connectivity index (χ1n) is 6.26. The lowest BCUT2D eigenvalue weighted by molar-refractivity contribution is -0.144. The van der Waals surface area contributed by atoms with Crippen molar-refractivity contribution in [1.82, 2.24) is 0 Å². The van der Waals surface area contributed by atoms with Crippen molar-refractivity contribution in [2.24, 2.45) is 4.99 Å². The molecule has 0 fully saturated rings. The maximum Gasteiger partial charge on any atom is 0.334 e. The standard InChI is InChI=1S/C14H18N2O3/c1-4-18-14(17)12-9-19-13(15-12)10-6-5-7-11(8-10)16(2)3/h5-8,12H,4,9H2,1-3H3. The Balaban J connectivity index is 2.17. The molecular weight excluding hydrogens is 244 g/mol. The highest BCUT2D eigenvalue weighted by Gasteiger charge is 2.27. The van der Waals surface area contributed by atoms with E-state index in [0.29, 0.717) is 12.5 Å². The third-order valence-corrected chi connectivity index (χ3v) is 2.82. The molecule has 1 atom stereocenters. The predicted octanol–water partition coefficient (Wildman–Crippen LogP) is 1.46. The van der Waals surface area contributed by atoms with E-state index in [-0.39, 0.29) is 12.6 Å². The normalized spacial score (nSPS) is 17.6. The molecular formula is C14H18N2O3. The first kappa shape index (κ1) is 13.4. The van der Waals surface area contributed by atoms with Gasteiger partial charge in [-0.05, 0) is 25.1 Å². The van der Waals surface area contributed by atoms with Crippen LogP contribution in [0.1, 0.15) is 12.5 Å². The van der Waals surface area contributed by atoms with Crippen LogP contribution in [0, 0.1) is 0 Å². The lowest BCUT2D eigenvalue weighted by Gasteiger charge is -2.13. The van der Waals surface area contributed by atoms with Crippen LogP contribution in [0.3, 0.4) is 0 Å². The van der Waals surface area contributed by atoms with Crippen molar-refractivity contribution in [1.29, 1.82) is 0 Å². The monoisotopic (exact) mass is 262 g/mol. The second-order valence-corrected chi connectivity index (χ2v) is 4.46. The molecule has 1 aliphatic heterocycles. The van der Waals surface area contributed by atoms with E-state index in [1.807, 2.05) is 43.3 Å². The number of anilines is 1. The van der Waals surface area contributed by atoms with Crippen molar-refractivity contribution in [2.45, 2.75) is 13.0 Å². The zero-order valence-electron chi connectivity index (χ0n) is 11.4. The molecule has 1 unspecified atom stereocenters. The van der Waals surface area contributed by atoms with Crippen LogP contribution in [0.4, 0.5) is 5.69 Å². The van der Waals surface area contributed by atoms with Gasteiger partial charge in [0.05, 0.1) is 6.61 Å². The fourth-order valence-electron chi connectivity index (χ4n) is 1.81. The number of nitrogens with zero attached hydrogens (tertiary/aromatic N) is 2. The van der Waals surface area contributed by atoms with Gasteiger partial charge in [0, 0.05) is 25.3 Å². The molecule has 1 aromatic carbocycles. The molecule has 1 heterocycles. The summed E-state index contributed by atoms with van der Waals surface area (Å²) in [7, 11) is 3.94. The summed E-state index contributed by atoms with van der Waals surface area (Å²) in [5.74, 6) is 0.169. The molecule has 2 rings (SSSR count). The Bertz CT molecular complexity index is 497. The summed E-state index contributed by atoms with van der Waals surface area (Å²) in [6.07, 6.45) is 0. The van der Waals surface area contributed by atoms with Crippen molar-refractivity contribution in [3.05, 3.63) is 29.8 Å². The van der Waals surface area contributed by atoms with Crippen LogP contribution in [0.25, 0.3) is 0 Å². The maximum atomic E-state index is 11.6. The van der Waals surface area contributed by atoms with Crippen LogP contribution in [-0.2, 0) is 14.3 Å². The number of ether oxygens (including phenoxy) is 2. The Kier molecular flexibility index (Phi) is 4.04.